The van der Waals surface area contributed by atoms with Crippen LogP contribution in [-0.4, -0.2) is 35.0 Å². The minimum absolute atomic E-state index is 0.0110. The van der Waals surface area contributed by atoms with E-state index in [9.17, 15) is 9.18 Å². The van der Waals surface area contributed by atoms with Gasteiger partial charge < -0.3 is 9.64 Å². The first-order chi connectivity index (χ1) is 14.2. The molecule has 1 fully saturated rings. The highest BCUT2D eigenvalue weighted by atomic mass is 32.1. The Balaban J connectivity index is 1.26. The molecule has 0 saturated carbocycles. The number of fused-ring (bicyclic) bond motifs is 2. The number of ether oxygens (including phenoxy) is 1. The highest BCUT2D eigenvalue weighted by molar-refractivity contribution is 7.20. The van der Waals surface area contributed by atoms with Gasteiger partial charge in [-0.15, -0.1) is 11.3 Å². The van der Waals surface area contributed by atoms with Gasteiger partial charge in [0.05, 0.1) is 4.88 Å². The summed E-state index contributed by atoms with van der Waals surface area (Å²) in [6, 6.07) is 16.3. The fourth-order valence-corrected chi connectivity index (χ4v) is 4.81. The number of para-hydroxylation sites is 1. The van der Waals surface area contributed by atoms with Crippen molar-refractivity contribution in [2.45, 2.75) is 18.9 Å². The average Bonchev–Trinajstić information content (AvgIpc) is 3.17. The minimum Gasteiger partial charge on any atom is -0.488 e. The maximum atomic E-state index is 13.4. The van der Waals surface area contributed by atoms with Crippen molar-refractivity contribution in [2.75, 3.05) is 13.1 Å². The molecule has 29 heavy (non-hydrogen) atoms. The lowest BCUT2D eigenvalue weighted by atomic mass is 10.1. The molecule has 0 unspecified atom stereocenters. The fourth-order valence-electron chi connectivity index (χ4n) is 3.80. The second-order valence-electron chi connectivity index (χ2n) is 7.23. The van der Waals surface area contributed by atoms with E-state index in [4.69, 9.17) is 4.74 Å². The Labute approximate surface area is 171 Å². The van der Waals surface area contributed by atoms with E-state index in [2.05, 4.69) is 4.98 Å². The Morgan fingerprint density at radius 1 is 1.07 bits per heavy atom. The summed E-state index contributed by atoms with van der Waals surface area (Å²) in [5.41, 5.74) is 0.867. The van der Waals surface area contributed by atoms with Gasteiger partial charge in [0.15, 0.2) is 0 Å². The van der Waals surface area contributed by atoms with Gasteiger partial charge in [0, 0.05) is 42.2 Å². The monoisotopic (exact) mass is 406 g/mol. The van der Waals surface area contributed by atoms with Crippen LogP contribution < -0.4 is 4.74 Å². The highest BCUT2D eigenvalue weighted by Gasteiger charge is 2.26. The van der Waals surface area contributed by atoms with Crippen LogP contribution in [0.15, 0.2) is 60.8 Å². The summed E-state index contributed by atoms with van der Waals surface area (Å²) in [4.78, 5) is 19.8. The number of pyridine rings is 1. The number of hydrogen-bond donors (Lipinski definition) is 0. The smallest absolute Gasteiger partial charge is 0.263 e. The van der Waals surface area contributed by atoms with Crippen molar-refractivity contribution in [2.24, 2.45) is 0 Å². The first-order valence-corrected chi connectivity index (χ1v) is 10.5. The van der Waals surface area contributed by atoms with Gasteiger partial charge in [0.25, 0.3) is 5.91 Å². The van der Waals surface area contributed by atoms with Gasteiger partial charge in [-0.25, -0.2) is 4.39 Å². The third kappa shape index (κ3) is 3.56. The molecule has 0 aliphatic carbocycles. The molecule has 1 amide bonds. The summed E-state index contributed by atoms with van der Waals surface area (Å²) in [6.45, 7) is 1.29. The van der Waals surface area contributed by atoms with Crippen LogP contribution in [0.3, 0.4) is 0 Å². The van der Waals surface area contributed by atoms with Gasteiger partial charge in [-0.3, -0.25) is 9.78 Å². The lowest BCUT2D eigenvalue weighted by Crippen LogP contribution is -2.41. The molecular weight excluding hydrogens is 387 g/mol. The van der Waals surface area contributed by atoms with E-state index in [-0.39, 0.29) is 17.8 Å². The summed E-state index contributed by atoms with van der Waals surface area (Å²) in [7, 11) is 0. The van der Waals surface area contributed by atoms with Gasteiger partial charge in [0.2, 0.25) is 0 Å². The second kappa shape index (κ2) is 7.44. The Bertz CT molecular complexity index is 1190. The highest BCUT2D eigenvalue weighted by Crippen LogP contribution is 2.29. The molecule has 0 bridgehead atoms. The van der Waals surface area contributed by atoms with E-state index >= 15 is 0 Å². The van der Waals surface area contributed by atoms with Gasteiger partial charge in [0.1, 0.15) is 23.2 Å². The van der Waals surface area contributed by atoms with Crippen LogP contribution in [0.2, 0.25) is 0 Å². The molecule has 5 rings (SSSR count). The first kappa shape index (κ1) is 18.1. The molecule has 146 valence electrons. The molecule has 0 radical (unpaired) electrons. The zero-order valence-electron chi connectivity index (χ0n) is 15.7. The van der Waals surface area contributed by atoms with E-state index < -0.39 is 0 Å². The molecule has 0 atom stereocenters. The lowest BCUT2D eigenvalue weighted by molar-refractivity contribution is 0.0602. The number of benzene rings is 2. The maximum Gasteiger partial charge on any atom is 0.263 e. The third-order valence-electron chi connectivity index (χ3n) is 5.31. The summed E-state index contributed by atoms with van der Waals surface area (Å²) in [5, 5.41) is 1.83. The first-order valence-electron chi connectivity index (χ1n) is 9.66. The molecule has 2 aromatic heterocycles. The summed E-state index contributed by atoms with van der Waals surface area (Å²) >= 11 is 1.42. The molecule has 1 aliphatic heterocycles. The van der Waals surface area contributed by atoms with E-state index in [1.54, 1.807) is 18.3 Å². The van der Waals surface area contributed by atoms with Crippen LogP contribution in [0.5, 0.6) is 5.75 Å². The zero-order valence-corrected chi connectivity index (χ0v) is 16.5. The number of thiophene rings is 1. The average molecular weight is 406 g/mol. The van der Waals surface area contributed by atoms with Crippen LogP contribution in [0.1, 0.15) is 22.5 Å². The molecule has 6 heteroatoms. The SMILES string of the molecule is O=C(c1cc2cc(F)ccc2s1)N1CCC(Oc2cccc3cccnc23)CC1. The molecule has 3 heterocycles. The Hall–Kier alpha value is -2.99. The van der Waals surface area contributed by atoms with Crippen molar-refractivity contribution in [1.29, 1.82) is 0 Å². The molecule has 2 aromatic carbocycles. The van der Waals surface area contributed by atoms with Crippen molar-refractivity contribution in [1.82, 2.24) is 9.88 Å². The standard InChI is InChI=1S/C23H19FN2O2S/c24-17-6-7-20-16(13-17)14-21(29-20)23(27)26-11-8-18(9-12-26)28-19-5-1-3-15-4-2-10-25-22(15)19/h1-7,10,13-14,18H,8-9,11-12H2. The van der Waals surface area contributed by atoms with Crippen molar-refractivity contribution >= 4 is 38.2 Å². The van der Waals surface area contributed by atoms with Crippen molar-refractivity contribution in [3.63, 3.8) is 0 Å². The Morgan fingerprint density at radius 3 is 2.76 bits per heavy atom. The fraction of sp³-hybridized carbons (Fsp3) is 0.217. The van der Waals surface area contributed by atoms with Crippen molar-refractivity contribution in [3.05, 3.63) is 71.5 Å². The predicted molar refractivity (Wildman–Crippen MR) is 113 cm³/mol. The minimum atomic E-state index is -0.282. The van der Waals surface area contributed by atoms with Crippen molar-refractivity contribution < 1.29 is 13.9 Å². The van der Waals surface area contributed by atoms with Gasteiger partial charge >= 0.3 is 0 Å². The topological polar surface area (TPSA) is 42.4 Å². The molecule has 1 aliphatic rings. The number of halogens is 1. The lowest BCUT2D eigenvalue weighted by Gasteiger charge is -2.32. The third-order valence-corrected chi connectivity index (χ3v) is 6.41. The number of aromatic nitrogens is 1. The summed E-state index contributed by atoms with van der Waals surface area (Å²) in [5.74, 6) is 0.520. The van der Waals surface area contributed by atoms with E-state index in [1.165, 1.54) is 23.5 Å². The van der Waals surface area contributed by atoms with Crippen LogP contribution in [0, 0.1) is 5.82 Å². The number of piperidine rings is 1. The summed E-state index contributed by atoms with van der Waals surface area (Å²) < 4.78 is 20.6. The van der Waals surface area contributed by atoms with E-state index in [0.29, 0.717) is 18.0 Å². The van der Waals surface area contributed by atoms with Crippen LogP contribution in [0.4, 0.5) is 4.39 Å². The number of likely N-dealkylation sites (tertiary alicyclic amines) is 1. The number of rotatable bonds is 3. The largest absolute Gasteiger partial charge is 0.488 e. The van der Waals surface area contributed by atoms with Gasteiger partial charge in [-0.1, -0.05) is 18.2 Å². The van der Waals surface area contributed by atoms with Gasteiger partial charge in [-0.05, 0) is 41.8 Å². The van der Waals surface area contributed by atoms with Crippen molar-refractivity contribution in [3.8, 4) is 5.75 Å². The number of carbonyl (C=O) groups excluding carboxylic acids is 1. The predicted octanol–water partition coefficient (Wildman–Crippen LogP) is 5.27. The van der Waals surface area contributed by atoms with E-state index in [0.717, 1.165) is 39.6 Å². The number of carbonyl (C=O) groups is 1. The number of nitrogens with zero attached hydrogens (tertiary/aromatic N) is 2. The normalized spacial score (nSPS) is 15.1. The number of amides is 1. The van der Waals surface area contributed by atoms with E-state index in [1.807, 2.05) is 35.2 Å². The molecule has 1 saturated heterocycles. The Morgan fingerprint density at radius 2 is 1.90 bits per heavy atom. The van der Waals surface area contributed by atoms with Crippen LogP contribution in [0.25, 0.3) is 21.0 Å². The summed E-state index contributed by atoms with van der Waals surface area (Å²) in [6.07, 6.45) is 3.37. The maximum absolute atomic E-state index is 13.4. The van der Waals surface area contributed by atoms with Crippen LogP contribution >= 0.6 is 11.3 Å². The molecular formula is C23H19FN2O2S. The molecule has 4 nitrogen and oxygen atoms in total. The van der Waals surface area contributed by atoms with Crippen LogP contribution in [-0.2, 0) is 0 Å². The Kier molecular flexibility index (Phi) is 4.64. The zero-order chi connectivity index (χ0) is 19.8. The quantitative estimate of drug-likeness (QED) is 0.465. The van der Waals surface area contributed by atoms with Gasteiger partial charge in [-0.2, -0.15) is 0 Å². The second-order valence-corrected chi connectivity index (χ2v) is 8.32. The molecule has 0 N–H and O–H groups in total. The number of hydrogen-bond acceptors (Lipinski definition) is 4. The molecule has 0 spiro atoms. The molecule has 4 aromatic rings.